The van der Waals surface area contributed by atoms with Gasteiger partial charge >= 0.3 is 0 Å². The lowest BCUT2D eigenvalue weighted by Crippen LogP contribution is -2.07. The molecule has 0 fully saturated rings. The smallest absolute Gasteiger partial charge is 0.272 e. The average Bonchev–Trinajstić information content (AvgIpc) is 2.43. The number of pyridine rings is 1. The van der Waals surface area contributed by atoms with Crippen molar-refractivity contribution in [1.82, 2.24) is 4.98 Å². The molecular weight excluding hydrogens is 301 g/mol. The van der Waals surface area contributed by atoms with Gasteiger partial charge in [0.25, 0.3) is 5.69 Å². The number of nitrogens with one attached hydrogen (secondary N) is 1. The molecule has 0 saturated carbocycles. The Hall–Kier alpha value is -1.85. The SMILES string of the molecule is CC(Nc1c(Cl)cc([N+](=O)[O-])cc1Cl)c1ccncc1. The molecule has 20 heavy (non-hydrogen) atoms. The quantitative estimate of drug-likeness (QED) is 0.668. The van der Waals surface area contributed by atoms with Crippen molar-refractivity contribution in [1.29, 1.82) is 0 Å². The molecule has 0 aliphatic rings. The fraction of sp³-hybridized carbons (Fsp3) is 0.154. The molecule has 7 heteroatoms. The number of benzene rings is 1. The topological polar surface area (TPSA) is 68.1 Å². The van der Waals surface area contributed by atoms with Gasteiger partial charge in [-0.25, -0.2) is 0 Å². The molecule has 0 spiro atoms. The summed E-state index contributed by atoms with van der Waals surface area (Å²) in [7, 11) is 0. The van der Waals surface area contributed by atoms with Crippen LogP contribution in [0.15, 0.2) is 36.7 Å². The maximum absolute atomic E-state index is 10.7. The van der Waals surface area contributed by atoms with Gasteiger partial charge in [-0.05, 0) is 24.6 Å². The van der Waals surface area contributed by atoms with Crippen LogP contribution in [0, 0.1) is 10.1 Å². The van der Waals surface area contributed by atoms with Gasteiger partial charge in [0.1, 0.15) is 0 Å². The van der Waals surface area contributed by atoms with Gasteiger partial charge in [-0.15, -0.1) is 0 Å². The molecule has 1 N–H and O–H groups in total. The fourth-order valence-corrected chi connectivity index (χ4v) is 2.34. The normalized spacial score (nSPS) is 11.9. The summed E-state index contributed by atoms with van der Waals surface area (Å²) in [6.45, 7) is 1.93. The Balaban J connectivity index is 2.28. The molecule has 104 valence electrons. The fourth-order valence-electron chi connectivity index (χ4n) is 1.76. The summed E-state index contributed by atoms with van der Waals surface area (Å²) in [5.41, 5.74) is 1.34. The van der Waals surface area contributed by atoms with Crippen LogP contribution in [-0.2, 0) is 0 Å². The van der Waals surface area contributed by atoms with E-state index in [1.165, 1.54) is 12.1 Å². The second kappa shape index (κ2) is 6.07. The van der Waals surface area contributed by atoms with E-state index in [0.29, 0.717) is 5.69 Å². The molecule has 2 rings (SSSR count). The summed E-state index contributed by atoms with van der Waals surface area (Å²) in [4.78, 5) is 14.1. The number of rotatable bonds is 4. The number of anilines is 1. The highest BCUT2D eigenvalue weighted by Gasteiger charge is 2.16. The lowest BCUT2D eigenvalue weighted by Gasteiger charge is -2.17. The van der Waals surface area contributed by atoms with Gasteiger partial charge in [0.15, 0.2) is 0 Å². The predicted molar refractivity (Wildman–Crippen MR) is 79.4 cm³/mol. The first-order chi connectivity index (χ1) is 9.49. The Bertz CT molecular complexity index is 612. The minimum absolute atomic E-state index is 0.0607. The number of aromatic nitrogens is 1. The summed E-state index contributed by atoms with van der Waals surface area (Å²) in [5, 5.41) is 14.3. The summed E-state index contributed by atoms with van der Waals surface area (Å²) in [6, 6.07) is 6.22. The zero-order valence-electron chi connectivity index (χ0n) is 10.5. The summed E-state index contributed by atoms with van der Waals surface area (Å²) < 4.78 is 0. The lowest BCUT2D eigenvalue weighted by molar-refractivity contribution is -0.384. The monoisotopic (exact) mass is 311 g/mol. The van der Waals surface area contributed by atoms with Gasteiger partial charge in [0.2, 0.25) is 0 Å². The Morgan fingerprint density at radius 1 is 1.25 bits per heavy atom. The van der Waals surface area contributed by atoms with Gasteiger partial charge in [-0.3, -0.25) is 15.1 Å². The van der Waals surface area contributed by atoms with Crippen molar-refractivity contribution in [2.24, 2.45) is 0 Å². The Labute approximate surface area is 125 Å². The van der Waals surface area contributed by atoms with E-state index in [2.05, 4.69) is 10.3 Å². The van der Waals surface area contributed by atoms with E-state index >= 15 is 0 Å². The molecule has 1 heterocycles. The van der Waals surface area contributed by atoms with Crippen LogP contribution in [0.4, 0.5) is 11.4 Å². The molecule has 1 atom stereocenters. The maximum Gasteiger partial charge on any atom is 0.272 e. The van der Waals surface area contributed by atoms with Crippen molar-refractivity contribution >= 4 is 34.6 Å². The van der Waals surface area contributed by atoms with E-state index in [1.807, 2.05) is 19.1 Å². The van der Waals surface area contributed by atoms with E-state index in [4.69, 9.17) is 23.2 Å². The molecule has 1 unspecified atom stereocenters. The number of non-ortho nitro benzene ring substituents is 1. The highest BCUT2D eigenvalue weighted by atomic mass is 35.5. The first-order valence-electron chi connectivity index (χ1n) is 5.79. The standard InChI is InChI=1S/C13H11Cl2N3O2/c1-8(9-2-4-16-5-3-9)17-13-11(14)6-10(18(19)20)7-12(13)15/h2-8,17H,1H3. The van der Waals surface area contributed by atoms with Crippen molar-refractivity contribution in [2.75, 3.05) is 5.32 Å². The van der Waals surface area contributed by atoms with E-state index in [0.717, 1.165) is 5.56 Å². The van der Waals surface area contributed by atoms with Crippen molar-refractivity contribution in [3.05, 3.63) is 62.4 Å². The number of nitro groups is 1. The third kappa shape index (κ3) is 3.18. The van der Waals surface area contributed by atoms with Gasteiger partial charge < -0.3 is 5.32 Å². The predicted octanol–water partition coefficient (Wildman–Crippen LogP) is 4.47. The van der Waals surface area contributed by atoms with E-state index in [-0.39, 0.29) is 21.8 Å². The van der Waals surface area contributed by atoms with Crippen LogP contribution in [0.25, 0.3) is 0 Å². The van der Waals surface area contributed by atoms with Crippen LogP contribution < -0.4 is 5.32 Å². The van der Waals surface area contributed by atoms with Crippen molar-refractivity contribution in [3.8, 4) is 0 Å². The summed E-state index contributed by atoms with van der Waals surface area (Å²) >= 11 is 12.1. The van der Waals surface area contributed by atoms with Gasteiger partial charge in [-0.1, -0.05) is 23.2 Å². The van der Waals surface area contributed by atoms with E-state index in [9.17, 15) is 10.1 Å². The number of hydrogen-bond donors (Lipinski definition) is 1. The second-order valence-corrected chi connectivity index (χ2v) is 5.00. The Morgan fingerprint density at radius 2 is 1.80 bits per heavy atom. The van der Waals surface area contributed by atoms with Crippen LogP contribution in [0.3, 0.4) is 0 Å². The van der Waals surface area contributed by atoms with Crippen LogP contribution in [0.2, 0.25) is 10.0 Å². The molecule has 0 bridgehead atoms. The number of nitro benzene ring substituents is 1. The zero-order valence-corrected chi connectivity index (χ0v) is 12.0. The second-order valence-electron chi connectivity index (χ2n) is 4.19. The first kappa shape index (κ1) is 14.6. The van der Waals surface area contributed by atoms with Crippen LogP contribution in [-0.4, -0.2) is 9.91 Å². The molecule has 0 amide bonds. The number of nitrogens with zero attached hydrogens (tertiary/aromatic N) is 2. The zero-order chi connectivity index (χ0) is 14.7. The average molecular weight is 312 g/mol. The molecule has 5 nitrogen and oxygen atoms in total. The minimum atomic E-state index is -0.534. The molecule has 1 aromatic heterocycles. The van der Waals surface area contributed by atoms with Gasteiger partial charge in [-0.2, -0.15) is 0 Å². The van der Waals surface area contributed by atoms with Crippen LogP contribution in [0.1, 0.15) is 18.5 Å². The highest BCUT2D eigenvalue weighted by Crippen LogP contribution is 2.36. The van der Waals surface area contributed by atoms with Crippen LogP contribution >= 0.6 is 23.2 Å². The Morgan fingerprint density at radius 3 is 2.30 bits per heavy atom. The van der Waals surface area contributed by atoms with Crippen molar-refractivity contribution in [2.45, 2.75) is 13.0 Å². The number of halogens is 2. The summed E-state index contributed by atoms with van der Waals surface area (Å²) in [5.74, 6) is 0. The number of hydrogen-bond acceptors (Lipinski definition) is 4. The molecular formula is C13H11Cl2N3O2. The molecule has 0 aliphatic heterocycles. The van der Waals surface area contributed by atoms with Crippen molar-refractivity contribution < 1.29 is 4.92 Å². The maximum atomic E-state index is 10.7. The molecule has 2 aromatic rings. The third-order valence-corrected chi connectivity index (χ3v) is 3.40. The molecule has 1 aromatic carbocycles. The Kier molecular flexibility index (Phi) is 4.42. The first-order valence-corrected chi connectivity index (χ1v) is 6.54. The molecule has 0 saturated heterocycles. The van der Waals surface area contributed by atoms with E-state index in [1.54, 1.807) is 12.4 Å². The van der Waals surface area contributed by atoms with Crippen molar-refractivity contribution in [3.63, 3.8) is 0 Å². The van der Waals surface area contributed by atoms with Crippen LogP contribution in [0.5, 0.6) is 0 Å². The highest BCUT2D eigenvalue weighted by molar-refractivity contribution is 6.39. The largest absolute Gasteiger partial charge is 0.376 e. The minimum Gasteiger partial charge on any atom is -0.376 e. The summed E-state index contributed by atoms with van der Waals surface area (Å²) in [6.07, 6.45) is 3.37. The third-order valence-electron chi connectivity index (χ3n) is 2.80. The van der Waals surface area contributed by atoms with Gasteiger partial charge in [0.05, 0.1) is 20.7 Å². The van der Waals surface area contributed by atoms with Gasteiger partial charge in [0, 0.05) is 30.6 Å². The van der Waals surface area contributed by atoms with E-state index < -0.39 is 4.92 Å². The lowest BCUT2D eigenvalue weighted by atomic mass is 10.1. The molecule has 0 aliphatic carbocycles. The molecule has 0 radical (unpaired) electrons.